The molecule has 1 aliphatic rings. The fourth-order valence-electron chi connectivity index (χ4n) is 3.06. The van der Waals surface area contributed by atoms with Crippen LogP contribution in [0.25, 0.3) is 0 Å². The van der Waals surface area contributed by atoms with E-state index in [2.05, 4.69) is 29.2 Å². The number of hydrogen-bond acceptors (Lipinski definition) is 2. The lowest BCUT2D eigenvalue weighted by Gasteiger charge is -2.26. The van der Waals surface area contributed by atoms with E-state index in [9.17, 15) is 9.59 Å². The van der Waals surface area contributed by atoms with E-state index < -0.39 is 0 Å². The van der Waals surface area contributed by atoms with E-state index in [1.54, 1.807) is 13.0 Å². The van der Waals surface area contributed by atoms with Crippen molar-refractivity contribution in [2.45, 2.75) is 26.2 Å². The molecule has 1 aromatic carbocycles. The Balaban J connectivity index is 1.81. The molecule has 0 saturated carbocycles. The molecular weight excluding hydrogens is 276 g/mol. The fourth-order valence-corrected chi connectivity index (χ4v) is 3.06. The second-order valence-electron chi connectivity index (χ2n) is 5.78. The minimum absolute atomic E-state index is 0.00753. The van der Waals surface area contributed by atoms with Crippen LogP contribution in [0.1, 0.15) is 33.6 Å². The standard InChI is InChI=1S/C18H20N2O2/c1-13-16(8-9-17(21)19-13)18(22)20-11-4-7-14-5-2-3-6-15(14)10-12-20/h2-3,5-6,8-9H,4,7,10-12H2,1H3,(H,19,21). The van der Waals surface area contributed by atoms with Crippen LogP contribution in [0.2, 0.25) is 0 Å². The van der Waals surface area contributed by atoms with Crippen LogP contribution in [0.3, 0.4) is 0 Å². The van der Waals surface area contributed by atoms with E-state index in [1.807, 2.05) is 4.90 Å². The third-order valence-electron chi connectivity index (χ3n) is 4.28. The molecule has 1 amide bonds. The van der Waals surface area contributed by atoms with Crippen molar-refractivity contribution in [1.82, 2.24) is 9.88 Å². The summed E-state index contributed by atoms with van der Waals surface area (Å²) < 4.78 is 0. The Hall–Kier alpha value is -2.36. The number of benzene rings is 1. The molecule has 22 heavy (non-hydrogen) atoms. The molecule has 3 rings (SSSR count). The maximum absolute atomic E-state index is 12.7. The van der Waals surface area contributed by atoms with Gasteiger partial charge in [0.05, 0.1) is 5.56 Å². The van der Waals surface area contributed by atoms with Crippen molar-refractivity contribution >= 4 is 5.91 Å². The van der Waals surface area contributed by atoms with Gasteiger partial charge in [0.15, 0.2) is 0 Å². The predicted molar refractivity (Wildman–Crippen MR) is 86.2 cm³/mol. The normalized spacial score (nSPS) is 14.9. The van der Waals surface area contributed by atoms with E-state index in [4.69, 9.17) is 0 Å². The summed E-state index contributed by atoms with van der Waals surface area (Å²) in [6, 6.07) is 11.5. The molecule has 0 bridgehead atoms. The van der Waals surface area contributed by atoms with E-state index in [-0.39, 0.29) is 11.5 Å². The number of fused-ring (bicyclic) bond motifs is 1. The Morgan fingerprint density at radius 3 is 2.50 bits per heavy atom. The molecule has 4 heteroatoms. The summed E-state index contributed by atoms with van der Waals surface area (Å²) in [5, 5.41) is 0. The summed E-state index contributed by atoms with van der Waals surface area (Å²) in [4.78, 5) is 28.6. The average molecular weight is 296 g/mol. The van der Waals surface area contributed by atoms with Crippen molar-refractivity contribution in [2.24, 2.45) is 0 Å². The first-order chi connectivity index (χ1) is 10.6. The van der Waals surface area contributed by atoms with Gasteiger partial charge in [0.2, 0.25) is 5.56 Å². The lowest BCUT2D eigenvalue weighted by molar-refractivity contribution is 0.0752. The van der Waals surface area contributed by atoms with Crippen LogP contribution >= 0.6 is 0 Å². The second-order valence-corrected chi connectivity index (χ2v) is 5.78. The molecule has 4 nitrogen and oxygen atoms in total. The van der Waals surface area contributed by atoms with Crippen LogP contribution in [0, 0.1) is 6.92 Å². The van der Waals surface area contributed by atoms with Gasteiger partial charge in [0.25, 0.3) is 5.91 Å². The maximum atomic E-state index is 12.7. The number of aromatic nitrogens is 1. The van der Waals surface area contributed by atoms with Crippen molar-refractivity contribution in [3.63, 3.8) is 0 Å². The molecule has 1 N–H and O–H groups in total. The van der Waals surface area contributed by atoms with Crippen molar-refractivity contribution in [2.75, 3.05) is 13.1 Å². The zero-order chi connectivity index (χ0) is 15.5. The molecule has 114 valence electrons. The Bertz CT molecular complexity index is 749. The summed E-state index contributed by atoms with van der Waals surface area (Å²) in [5.74, 6) is 0.00753. The molecule has 2 aromatic rings. The molecule has 0 aliphatic carbocycles. The number of aromatic amines is 1. The summed E-state index contributed by atoms with van der Waals surface area (Å²) in [7, 11) is 0. The third kappa shape index (κ3) is 2.96. The van der Waals surface area contributed by atoms with Crippen molar-refractivity contribution < 1.29 is 4.79 Å². The molecule has 1 aromatic heterocycles. The number of hydrogen-bond donors (Lipinski definition) is 1. The molecule has 0 atom stereocenters. The number of amides is 1. The molecule has 0 radical (unpaired) electrons. The molecular formula is C18H20N2O2. The molecule has 1 aliphatic heterocycles. The Morgan fingerprint density at radius 1 is 1.05 bits per heavy atom. The van der Waals surface area contributed by atoms with Gasteiger partial charge >= 0.3 is 0 Å². The average Bonchev–Trinajstić information content (AvgIpc) is 2.47. The van der Waals surface area contributed by atoms with Crippen LogP contribution in [0.4, 0.5) is 0 Å². The minimum atomic E-state index is -0.171. The number of nitrogens with one attached hydrogen (secondary N) is 1. The topological polar surface area (TPSA) is 53.2 Å². The molecule has 0 saturated heterocycles. The lowest BCUT2D eigenvalue weighted by atomic mass is 9.98. The lowest BCUT2D eigenvalue weighted by Crippen LogP contribution is -2.36. The molecule has 0 fully saturated rings. The first-order valence-electron chi connectivity index (χ1n) is 7.71. The number of pyridine rings is 1. The summed E-state index contributed by atoms with van der Waals surface area (Å²) in [6.45, 7) is 3.24. The highest BCUT2D eigenvalue weighted by molar-refractivity contribution is 5.95. The van der Waals surface area contributed by atoms with Gasteiger partial charge in [0, 0.05) is 24.8 Å². The van der Waals surface area contributed by atoms with Crippen LogP contribution in [0.5, 0.6) is 0 Å². The maximum Gasteiger partial charge on any atom is 0.255 e. The van der Waals surface area contributed by atoms with E-state index in [1.165, 1.54) is 17.2 Å². The number of rotatable bonds is 1. The number of carbonyl (C=O) groups excluding carboxylic acids is 1. The highest BCUT2D eigenvalue weighted by Crippen LogP contribution is 2.17. The highest BCUT2D eigenvalue weighted by atomic mass is 16.2. The van der Waals surface area contributed by atoms with E-state index in [0.717, 1.165) is 25.8 Å². The second kappa shape index (κ2) is 6.18. The minimum Gasteiger partial charge on any atom is -0.338 e. The third-order valence-corrected chi connectivity index (χ3v) is 4.28. The number of H-pyrrole nitrogens is 1. The van der Waals surface area contributed by atoms with Gasteiger partial charge in [-0.2, -0.15) is 0 Å². The summed E-state index contributed by atoms with van der Waals surface area (Å²) in [5.41, 5.74) is 3.79. The van der Waals surface area contributed by atoms with Crippen molar-refractivity contribution in [3.8, 4) is 0 Å². The molecule has 0 unspecified atom stereocenters. The molecule has 0 spiro atoms. The van der Waals surface area contributed by atoms with Gasteiger partial charge in [-0.15, -0.1) is 0 Å². The Kier molecular flexibility index (Phi) is 4.09. The first-order valence-corrected chi connectivity index (χ1v) is 7.71. The highest BCUT2D eigenvalue weighted by Gasteiger charge is 2.20. The monoisotopic (exact) mass is 296 g/mol. The smallest absolute Gasteiger partial charge is 0.255 e. The SMILES string of the molecule is Cc1[nH]c(=O)ccc1C(=O)N1CCCc2ccccc2CC1. The van der Waals surface area contributed by atoms with Crippen LogP contribution in [-0.2, 0) is 12.8 Å². The van der Waals surface area contributed by atoms with Gasteiger partial charge in [0.1, 0.15) is 0 Å². The Labute approximate surface area is 129 Å². The zero-order valence-electron chi connectivity index (χ0n) is 12.8. The molecule has 2 heterocycles. The number of aryl methyl sites for hydroxylation is 2. The van der Waals surface area contributed by atoms with Crippen LogP contribution in [-0.4, -0.2) is 28.9 Å². The van der Waals surface area contributed by atoms with Gasteiger partial charge in [-0.3, -0.25) is 9.59 Å². The summed E-state index contributed by atoms with van der Waals surface area (Å²) >= 11 is 0. The van der Waals surface area contributed by atoms with Crippen LogP contribution in [0.15, 0.2) is 41.2 Å². The van der Waals surface area contributed by atoms with Gasteiger partial charge in [-0.25, -0.2) is 0 Å². The van der Waals surface area contributed by atoms with Crippen molar-refractivity contribution in [1.29, 1.82) is 0 Å². The summed E-state index contributed by atoms with van der Waals surface area (Å²) in [6.07, 6.45) is 2.85. The van der Waals surface area contributed by atoms with Gasteiger partial charge in [-0.1, -0.05) is 24.3 Å². The van der Waals surface area contributed by atoms with E-state index >= 15 is 0 Å². The largest absolute Gasteiger partial charge is 0.338 e. The van der Waals surface area contributed by atoms with E-state index in [0.29, 0.717) is 17.8 Å². The van der Waals surface area contributed by atoms with Gasteiger partial charge in [-0.05, 0) is 43.4 Å². The number of nitrogens with zero attached hydrogens (tertiary/aromatic N) is 1. The Morgan fingerprint density at radius 2 is 1.77 bits per heavy atom. The fraction of sp³-hybridized carbons (Fsp3) is 0.333. The quantitative estimate of drug-likeness (QED) is 0.878. The first kappa shape index (κ1) is 14.6. The van der Waals surface area contributed by atoms with Crippen molar-refractivity contribution in [3.05, 3.63) is 69.1 Å². The predicted octanol–water partition coefficient (Wildman–Crippen LogP) is 2.31. The van der Waals surface area contributed by atoms with Gasteiger partial charge < -0.3 is 9.88 Å². The van der Waals surface area contributed by atoms with Crippen LogP contribution < -0.4 is 5.56 Å². The number of carbonyl (C=O) groups is 1. The zero-order valence-corrected chi connectivity index (χ0v) is 12.8.